The van der Waals surface area contributed by atoms with Crippen molar-refractivity contribution in [2.75, 3.05) is 39.3 Å². The Bertz CT molecular complexity index is 611. The second-order valence-corrected chi connectivity index (χ2v) is 7.77. The van der Waals surface area contributed by atoms with E-state index in [2.05, 4.69) is 39.3 Å². The molecule has 2 aliphatic rings. The Morgan fingerprint density at radius 1 is 0.857 bits per heavy atom. The second-order valence-electron chi connectivity index (χ2n) is 7.77. The maximum absolute atomic E-state index is 12.6. The lowest BCUT2D eigenvalue weighted by atomic mass is 10.0. The van der Waals surface area contributed by atoms with Gasteiger partial charge in [-0.25, -0.2) is 4.98 Å². The maximum atomic E-state index is 12.6. The first-order valence-electron chi connectivity index (χ1n) is 10.6. The molecule has 7 nitrogen and oxygen atoms in total. The van der Waals surface area contributed by atoms with E-state index in [1.807, 2.05) is 0 Å². The average molecular weight is 388 g/mol. The van der Waals surface area contributed by atoms with Crippen LogP contribution in [0.3, 0.4) is 0 Å². The minimum atomic E-state index is -0.194. The molecule has 0 aliphatic carbocycles. The van der Waals surface area contributed by atoms with Crippen LogP contribution < -0.4 is 10.6 Å². The van der Waals surface area contributed by atoms with Gasteiger partial charge in [-0.05, 0) is 50.9 Å². The summed E-state index contributed by atoms with van der Waals surface area (Å²) in [5.41, 5.74) is 0.623. The fourth-order valence-electron chi connectivity index (χ4n) is 3.99. The van der Waals surface area contributed by atoms with E-state index >= 15 is 0 Å². The van der Waals surface area contributed by atoms with Gasteiger partial charge in [-0.15, -0.1) is 0 Å². The van der Waals surface area contributed by atoms with Gasteiger partial charge < -0.3 is 20.4 Å². The number of hydrogen-bond donors (Lipinski definition) is 2. The van der Waals surface area contributed by atoms with Crippen molar-refractivity contribution in [1.82, 2.24) is 25.4 Å². The van der Waals surface area contributed by atoms with Crippen molar-refractivity contribution < 1.29 is 9.59 Å². The molecular weight excluding hydrogens is 354 g/mol. The lowest BCUT2D eigenvalue weighted by Gasteiger charge is -2.31. The van der Waals surface area contributed by atoms with Gasteiger partial charge in [0.15, 0.2) is 0 Å². The summed E-state index contributed by atoms with van der Waals surface area (Å²) in [4.78, 5) is 34.2. The van der Waals surface area contributed by atoms with Crippen LogP contribution in [0.2, 0.25) is 0 Å². The molecular formula is C21H33N5O2. The van der Waals surface area contributed by atoms with Gasteiger partial charge in [0.05, 0.1) is 0 Å². The normalized spacial score (nSPS) is 20.1. The molecule has 0 bridgehead atoms. The second kappa shape index (κ2) is 9.98. The fraction of sp³-hybridized carbons (Fsp3) is 0.667. The quantitative estimate of drug-likeness (QED) is 0.774. The number of nitrogens with one attached hydrogen (secondary N) is 2. The zero-order valence-corrected chi connectivity index (χ0v) is 17.1. The van der Waals surface area contributed by atoms with Crippen LogP contribution in [-0.4, -0.2) is 78.0 Å². The molecule has 0 aromatic carbocycles. The number of carbonyl (C=O) groups is 2. The number of piperidine rings is 2. The number of nitrogens with zero attached hydrogens (tertiary/aromatic N) is 3. The Kier molecular flexibility index (Phi) is 7.39. The molecule has 2 saturated heterocycles. The molecule has 0 saturated carbocycles. The van der Waals surface area contributed by atoms with Crippen LogP contribution >= 0.6 is 0 Å². The molecule has 3 heterocycles. The Hall–Kier alpha value is -1.99. The first-order valence-corrected chi connectivity index (χ1v) is 10.6. The SMILES string of the molecule is CCN1CCC(NC(=O)c2cccc(C(=O)NC3CCN(CC)CC3)n2)CC1. The summed E-state index contributed by atoms with van der Waals surface area (Å²) in [5.74, 6) is -0.387. The molecule has 2 fully saturated rings. The molecule has 0 unspecified atom stereocenters. The first-order chi connectivity index (χ1) is 13.6. The molecule has 0 radical (unpaired) electrons. The van der Waals surface area contributed by atoms with Crippen LogP contribution in [0.25, 0.3) is 0 Å². The number of pyridine rings is 1. The summed E-state index contributed by atoms with van der Waals surface area (Å²) >= 11 is 0. The Morgan fingerprint density at radius 2 is 1.25 bits per heavy atom. The van der Waals surface area contributed by atoms with E-state index in [1.54, 1.807) is 18.2 Å². The van der Waals surface area contributed by atoms with Gasteiger partial charge in [0.1, 0.15) is 11.4 Å². The molecule has 0 spiro atoms. The van der Waals surface area contributed by atoms with Crippen molar-refractivity contribution in [1.29, 1.82) is 0 Å². The Balaban J connectivity index is 1.53. The van der Waals surface area contributed by atoms with Crippen molar-refractivity contribution in [3.63, 3.8) is 0 Å². The highest BCUT2D eigenvalue weighted by molar-refractivity contribution is 5.96. The number of carbonyl (C=O) groups excluding carboxylic acids is 2. The number of likely N-dealkylation sites (tertiary alicyclic amines) is 2. The van der Waals surface area contributed by atoms with E-state index in [9.17, 15) is 9.59 Å². The van der Waals surface area contributed by atoms with Crippen molar-refractivity contribution >= 4 is 11.8 Å². The zero-order valence-electron chi connectivity index (χ0n) is 17.1. The van der Waals surface area contributed by atoms with Crippen LogP contribution in [0.15, 0.2) is 18.2 Å². The third kappa shape index (κ3) is 5.52. The average Bonchev–Trinajstić information content (AvgIpc) is 2.75. The first kappa shape index (κ1) is 20.7. The Labute approximate surface area is 167 Å². The predicted molar refractivity (Wildman–Crippen MR) is 109 cm³/mol. The van der Waals surface area contributed by atoms with Gasteiger partial charge in [-0.2, -0.15) is 0 Å². The van der Waals surface area contributed by atoms with Crippen LogP contribution in [0.5, 0.6) is 0 Å². The highest BCUT2D eigenvalue weighted by Crippen LogP contribution is 2.12. The lowest BCUT2D eigenvalue weighted by Crippen LogP contribution is -2.45. The highest BCUT2D eigenvalue weighted by Gasteiger charge is 2.23. The highest BCUT2D eigenvalue weighted by atomic mass is 16.2. The van der Waals surface area contributed by atoms with Gasteiger partial charge in [0.25, 0.3) is 11.8 Å². The van der Waals surface area contributed by atoms with Gasteiger partial charge >= 0.3 is 0 Å². The molecule has 1 aromatic rings. The van der Waals surface area contributed by atoms with E-state index in [0.29, 0.717) is 11.4 Å². The molecule has 154 valence electrons. The molecule has 2 amide bonds. The Morgan fingerprint density at radius 3 is 1.61 bits per heavy atom. The van der Waals surface area contributed by atoms with Gasteiger partial charge in [-0.1, -0.05) is 19.9 Å². The topological polar surface area (TPSA) is 77.6 Å². The molecule has 0 atom stereocenters. The van der Waals surface area contributed by atoms with Crippen LogP contribution in [0.4, 0.5) is 0 Å². The monoisotopic (exact) mass is 387 g/mol. The molecule has 7 heteroatoms. The summed E-state index contributed by atoms with van der Waals surface area (Å²) in [5, 5.41) is 6.15. The van der Waals surface area contributed by atoms with E-state index in [0.717, 1.165) is 65.0 Å². The smallest absolute Gasteiger partial charge is 0.270 e. The van der Waals surface area contributed by atoms with E-state index in [1.165, 1.54) is 0 Å². The number of aromatic nitrogens is 1. The van der Waals surface area contributed by atoms with Gasteiger partial charge in [0.2, 0.25) is 0 Å². The lowest BCUT2D eigenvalue weighted by molar-refractivity contribution is 0.0903. The van der Waals surface area contributed by atoms with E-state index < -0.39 is 0 Å². The predicted octanol–water partition coefficient (Wildman–Crippen LogP) is 1.51. The summed E-state index contributed by atoms with van der Waals surface area (Å²) in [6.45, 7) is 10.5. The number of rotatable bonds is 6. The van der Waals surface area contributed by atoms with Crippen molar-refractivity contribution in [2.45, 2.75) is 51.6 Å². The summed E-state index contributed by atoms with van der Waals surface area (Å²) < 4.78 is 0. The molecule has 1 aromatic heterocycles. The molecule has 3 rings (SSSR count). The van der Waals surface area contributed by atoms with Crippen LogP contribution in [-0.2, 0) is 0 Å². The molecule has 2 N–H and O–H groups in total. The fourth-order valence-corrected chi connectivity index (χ4v) is 3.99. The van der Waals surface area contributed by atoms with Crippen molar-refractivity contribution in [3.8, 4) is 0 Å². The largest absolute Gasteiger partial charge is 0.348 e. The molecule has 2 aliphatic heterocycles. The van der Waals surface area contributed by atoms with E-state index in [-0.39, 0.29) is 23.9 Å². The van der Waals surface area contributed by atoms with Crippen molar-refractivity contribution in [3.05, 3.63) is 29.6 Å². The van der Waals surface area contributed by atoms with Gasteiger partial charge in [-0.3, -0.25) is 9.59 Å². The molecule has 28 heavy (non-hydrogen) atoms. The third-order valence-electron chi connectivity index (χ3n) is 5.95. The minimum Gasteiger partial charge on any atom is -0.348 e. The number of hydrogen-bond acceptors (Lipinski definition) is 5. The third-order valence-corrected chi connectivity index (χ3v) is 5.95. The summed E-state index contributed by atoms with van der Waals surface area (Å²) in [7, 11) is 0. The summed E-state index contributed by atoms with van der Waals surface area (Å²) in [6, 6.07) is 5.44. The summed E-state index contributed by atoms with van der Waals surface area (Å²) in [6.07, 6.45) is 3.82. The maximum Gasteiger partial charge on any atom is 0.270 e. The van der Waals surface area contributed by atoms with Crippen LogP contribution in [0.1, 0.15) is 60.5 Å². The zero-order chi connectivity index (χ0) is 19.9. The standard InChI is InChI=1S/C21H33N5O2/c1-3-25-12-8-16(9-13-25)22-20(27)18-6-5-7-19(24-18)21(28)23-17-10-14-26(4-2)15-11-17/h5-7,16-17H,3-4,8-15H2,1-2H3,(H,22,27)(H,23,28). The minimum absolute atomic E-state index is 0.179. The van der Waals surface area contributed by atoms with Gasteiger partial charge in [0, 0.05) is 38.3 Å². The van der Waals surface area contributed by atoms with Crippen molar-refractivity contribution in [2.24, 2.45) is 0 Å². The van der Waals surface area contributed by atoms with E-state index in [4.69, 9.17) is 0 Å². The number of amides is 2. The van der Waals surface area contributed by atoms with Crippen LogP contribution in [0, 0.1) is 0 Å².